The molecule has 1 aliphatic carbocycles. The fourth-order valence-corrected chi connectivity index (χ4v) is 1.65. The van der Waals surface area contributed by atoms with Crippen molar-refractivity contribution in [3.05, 3.63) is 30.1 Å². The minimum atomic E-state index is -0.371. The maximum Gasteiger partial charge on any atom is 0.240 e. The van der Waals surface area contributed by atoms with E-state index in [9.17, 15) is 14.0 Å². The maximum atomic E-state index is 12.8. The summed E-state index contributed by atoms with van der Waals surface area (Å²) < 4.78 is 12.8. The van der Waals surface area contributed by atoms with E-state index >= 15 is 0 Å². The van der Waals surface area contributed by atoms with E-state index in [4.69, 9.17) is 0 Å². The lowest BCUT2D eigenvalue weighted by Gasteiger charge is -2.20. The molecule has 0 heterocycles. The van der Waals surface area contributed by atoms with Crippen molar-refractivity contribution in [1.82, 2.24) is 5.32 Å². The van der Waals surface area contributed by atoms with Crippen LogP contribution in [0.5, 0.6) is 0 Å². The van der Waals surface area contributed by atoms with Gasteiger partial charge < -0.3 is 10.2 Å². The number of anilines is 1. The maximum absolute atomic E-state index is 12.8. The van der Waals surface area contributed by atoms with Crippen LogP contribution in [0.25, 0.3) is 0 Å². The summed E-state index contributed by atoms with van der Waals surface area (Å²) in [7, 11) is 0. The molecule has 0 aromatic heterocycles. The monoisotopic (exact) mass is 250 g/mol. The number of carbonyl (C=O) groups is 2. The smallest absolute Gasteiger partial charge is 0.240 e. The molecule has 0 aliphatic heterocycles. The molecule has 2 rings (SSSR count). The minimum absolute atomic E-state index is 0.0303. The molecule has 1 N–H and O–H groups in total. The molecule has 1 aromatic carbocycles. The number of benzene rings is 1. The van der Waals surface area contributed by atoms with Gasteiger partial charge in [0, 0.05) is 18.7 Å². The molecule has 1 fully saturated rings. The number of hydrogen-bond acceptors (Lipinski definition) is 2. The first-order valence-corrected chi connectivity index (χ1v) is 5.89. The summed E-state index contributed by atoms with van der Waals surface area (Å²) >= 11 is 0. The molecule has 0 spiro atoms. The number of nitrogens with zero attached hydrogens (tertiary/aromatic N) is 1. The molecular weight excluding hydrogens is 235 g/mol. The van der Waals surface area contributed by atoms with Crippen LogP contribution < -0.4 is 10.2 Å². The van der Waals surface area contributed by atoms with Crippen LogP contribution in [-0.4, -0.2) is 24.4 Å². The van der Waals surface area contributed by atoms with Gasteiger partial charge >= 0.3 is 0 Å². The highest BCUT2D eigenvalue weighted by atomic mass is 19.1. The summed E-state index contributed by atoms with van der Waals surface area (Å²) in [5, 5.41) is 2.81. The Labute approximate surface area is 105 Å². The Bertz CT molecular complexity index is 455. The van der Waals surface area contributed by atoms with E-state index in [1.807, 2.05) is 0 Å². The normalized spacial score (nSPS) is 14.1. The minimum Gasteiger partial charge on any atom is -0.352 e. The molecule has 96 valence electrons. The number of nitrogens with one attached hydrogen (secondary N) is 1. The molecule has 0 bridgehead atoms. The first-order valence-electron chi connectivity index (χ1n) is 5.89. The van der Waals surface area contributed by atoms with Gasteiger partial charge in [-0.1, -0.05) is 0 Å². The van der Waals surface area contributed by atoms with Crippen LogP contribution in [-0.2, 0) is 9.59 Å². The highest BCUT2D eigenvalue weighted by Crippen LogP contribution is 2.19. The Morgan fingerprint density at radius 1 is 1.33 bits per heavy atom. The Balaban J connectivity index is 2.04. The van der Waals surface area contributed by atoms with Gasteiger partial charge in [-0.2, -0.15) is 0 Å². The van der Waals surface area contributed by atoms with Crippen LogP contribution in [0.2, 0.25) is 0 Å². The van der Waals surface area contributed by atoms with E-state index in [1.165, 1.54) is 36.1 Å². The third kappa shape index (κ3) is 3.29. The lowest BCUT2D eigenvalue weighted by atomic mass is 10.2. The van der Waals surface area contributed by atoms with E-state index in [-0.39, 0.29) is 30.2 Å². The SMILES string of the molecule is CC(=O)N(CC(=O)NC1CC1)c1ccc(F)cc1. The van der Waals surface area contributed by atoms with Crippen LogP contribution in [0, 0.1) is 5.82 Å². The average Bonchev–Trinajstić information content (AvgIpc) is 3.11. The largest absolute Gasteiger partial charge is 0.352 e. The van der Waals surface area contributed by atoms with Crippen LogP contribution in [0.3, 0.4) is 0 Å². The van der Waals surface area contributed by atoms with E-state index < -0.39 is 0 Å². The lowest BCUT2D eigenvalue weighted by Crippen LogP contribution is -2.40. The number of halogens is 1. The van der Waals surface area contributed by atoms with Gasteiger partial charge in [-0.3, -0.25) is 9.59 Å². The molecule has 1 saturated carbocycles. The van der Waals surface area contributed by atoms with Gasteiger partial charge in [-0.15, -0.1) is 0 Å². The zero-order valence-corrected chi connectivity index (χ0v) is 10.1. The third-order valence-electron chi connectivity index (χ3n) is 2.76. The van der Waals surface area contributed by atoms with E-state index in [1.54, 1.807) is 0 Å². The quantitative estimate of drug-likeness (QED) is 0.879. The van der Waals surface area contributed by atoms with Gasteiger partial charge in [0.25, 0.3) is 0 Å². The average molecular weight is 250 g/mol. The summed E-state index contributed by atoms with van der Waals surface area (Å²) in [5.41, 5.74) is 0.523. The van der Waals surface area contributed by atoms with Crippen LogP contribution >= 0.6 is 0 Å². The summed E-state index contributed by atoms with van der Waals surface area (Å²) in [4.78, 5) is 24.5. The molecule has 1 aliphatic rings. The molecule has 18 heavy (non-hydrogen) atoms. The Hall–Kier alpha value is -1.91. The molecule has 1 aromatic rings. The van der Waals surface area contributed by atoms with Crippen molar-refractivity contribution in [3.63, 3.8) is 0 Å². The van der Waals surface area contributed by atoms with Crippen molar-refractivity contribution < 1.29 is 14.0 Å². The standard InChI is InChI=1S/C13H15FN2O2/c1-9(17)16(8-13(18)15-11-4-5-11)12-6-2-10(14)3-7-12/h2-3,6-7,11H,4-5,8H2,1H3,(H,15,18). The predicted molar refractivity (Wildman–Crippen MR) is 65.6 cm³/mol. The number of amides is 2. The fraction of sp³-hybridized carbons (Fsp3) is 0.385. The van der Waals surface area contributed by atoms with Gasteiger partial charge in [0.15, 0.2) is 0 Å². The molecule has 2 amide bonds. The molecule has 0 radical (unpaired) electrons. The summed E-state index contributed by atoms with van der Waals surface area (Å²) in [6, 6.07) is 5.77. The van der Waals surface area contributed by atoms with Crippen molar-refractivity contribution >= 4 is 17.5 Å². The van der Waals surface area contributed by atoms with Crippen molar-refractivity contribution in [2.75, 3.05) is 11.4 Å². The zero-order chi connectivity index (χ0) is 13.1. The summed E-state index contributed by atoms with van der Waals surface area (Å²) in [6.45, 7) is 1.35. The topological polar surface area (TPSA) is 49.4 Å². The van der Waals surface area contributed by atoms with E-state index in [0.717, 1.165) is 12.8 Å². The van der Waals surface area contributed by atoms with E-state index in [2.05, 4.69) is 5.32 Å². The highest BCUT2D eigenvalue weighted by molar-refractivity contribution is 5.97. The number of rotatable bonds is 4. The van der Waals surface area contributed by atoms with Crippen molar-refractivity contribution in [3.8, 4) is 0 Å². The number of hydrogen-bond donors (Lipinski definition) is 1. The van der Waals surface area contributed by atoms with Crippen LogP contribution in [0.1, 0.15) is 19.8 Å². The van der Waals surface area contributed by atoms with E-state index in [0.29, 0.717) is 5.69 Å². The van der Waals surface area contributed by atoms with Gasteiger partial charge in [-0.25, -0.2) is 4.39 Å². The van der Waals surface area contributed by atoms with Gasteiger partial charge in [-0.05, 0) is 37.1 Å². The molecule has 0 unspecified atom stereocenters. The van der Waals surface area contributed by atoms with Crippen LogP contribution in [0.15, 0.2) is 24.3 Å². The molecule has 0 atom stereocenters. The molecular formula is C13H15FN2O2. The first-order chi connectivity index (χ1) is 8.56. The lowest BCUT2D eigenvalue weighted by molar-refractivity contribution is -0.123. The first kappa shape index (κ1) is 12.5. The van der Waals surface area contributed by atoms with Crippen LogP contribution in [0.4, 0.5) is 10.1 Å². The van der Waals surface area contributed by atoms with Gasteiger partial charge in [0.1, 0.15) is 12.4 Å². The van der Waals surface area contributed by atoms with Crippen molar-refractivity contribution in [1.29, 1.82) is 0 Å². The van der Waals surface area contributed by atoms with Crippen molar-refractivity contribution in [2.45, 2.75) is 25.8 Å². The van der Waals surface area contributed by atoms with Crippen molar-refractivity contribution in [2.24, 2.45) is 0 Å². The summed E-state index contributed by atoms with van der Waals surface area (Å²) in [5.74, 6) is -0.797. The zero-order valence-electron chi connectivity index (χ0n) is 10.1. The fourth-order valence-electron chi connectivity index (χ4n) is 1.65. The molecule has 4 nitrogen and oxygen atoms in total. The Kier molecular flexibility index (Phi) is 3.60. The molecule has 0 saturated heterocycles. The third-order valence-corrected chi connectivity index (χ3v) is 2.76. The molecule has 5 heteroatoms. The Morgan fingerprint density at radius 2 is 1.94 bits per heavy atom. The summed E-state index contributed by atoms with van der Waals surface area (Å²) in [6.07, 6.45) is 2.00. The number of carbonyl (C=O) groups excluding carboxylic acids is 2. The Morgan fingerprint density at radius 3 is 2.44 bits per heavy atom. The predicted octanol–water partition coefficient (Wildman–Crippen LogP) is 1.46. The second-order valence-electron chi connectivity index (χ2n) is 4.42. The highest BCUT2D eigenvalue weighted by Gasteiger charge is 2.25. The second kappa shape index (κ2) is 5.16. The second-order valence-corrected chi connectivity index (χ2v) is 4.42. The van der Waals surface area contributed by atoms with Gasteiger partial charge in [0.05, 0.1) is 0 Å². The van der Waals surface area contributed by atoms with Gasteiger partial charge in [0.2, 0.25) is 11.8 Å².